The third-order valence-electron chi connectivity index (χ3n) is 10.3. The molecule has 5 aliphatic rings. The number of likely N-dealkylation sites (tertiary alicyclic amines) is 1. The normalized spacial score (nSPS) is 45.3. The average molecular weight is 396 g/mol. The molecule has 1 saturated heterocycles. The molecule has 29 heavy (non-hydrogen) atoms. The second-order valence-electron chi connectivity index (χ2n) is 11.6. The zero-order valence-corrected chi connectivity index (χ0v) is 19.0. The molecule has 2 heteroatoms. The van der Waals surface area contributed by atoms with Crippen LogP contribution in [0.5, 0.6) is 0 Å². The van der Waals surface area contributed by atoms with Crippen LogP contribution in [0.15, 0.2) is 23.4 Å². The fraction of sp³-hybridized carbons (Fsp3) is 0.815. The van der Waals surface area contributed by atoms with E-state index in [1.165, 1.54) is 76.5 Å². The lowest BCUT2D eigenvalue weighted by Gasteiger charge is -2.58. The summed E-state index contributed by atoms with van der Waals surface area (Å²) in [6.07, 6.45) is 18.8. The van der Waals surface area contributed by atoms with Crippen molar-refractivity contribution in [3.05, 3.63) is 23.4 Å². The van der Waals surface area contributed by atoms with Crippen molar-refractivity contribution in [3.63, 3.8) is 0 Å². The molecule has 0 radical (unpaired) electrons. The predicted octanol–water partition coefficient (Wildman–Crippen LogP) is 6.52. The Morgan fingerprint density at radius 3 is 2.59 bits per heavy atom. The topological polar surface area (TPSA) is 20.3 Å². The molecule has 0 aromatic heterocycles. The van der Waals surface area contributed by atoms with Crippen molar-refractivity contribution in [2.24, 2.45) is 34.5 Å². The third-order valence-corrected chi connectivity index (χ3v) is 10.3. The van der Waals surface area contributed by atoms with Crippen LogP contribution in [-0.4, -0.2) is 23.8 Å². The van der Waals surface area contributed by atoms with Gasteiger partial charge < -0.3 is 4.90 Å². The highest BCUT2D eigenvalue weighted by molar-refractivity contribution is 5.91. The van der Waals surface area contributed by atoms with E-state index in [0.717, 1.165) is 36.5 Å². The first-order valence-corrected chi connectivity index (χ1v) is 12.6. The highest BCUT2D eigenvalue weighted by Crippen LogP contribution is 2.67. The van der Waals surface area contributed by atoms with Crippen molar-refractivity contribution in [1.82, 2.24) is 4.90 Å². The van der Waals surface area contributed by atoms with Gasteiger partial charge in [0.05, 0.1) is 0 Å². The molecule has 0 N–H and O–H groups in total. The largest absolute Gasteiger partial charge is 0.377 e. The van der Waals surface area contributed by atoms with E-state index in [1.807, 2.05) is 0 Å². The number of piperidine rings is 1. The molecular weight excluding hydrogens is 354 g/mol. The van der Waals surface area contributed by atoms with Gasteiger partial charge in [0.15, 0.2) is 5.78 Å². The van der Waals surface area contributed by atoms with Crippen molar-refractivity contribution in [1.29, 1.82) is 0 Å². The van der Waals surface area contributed by atoms with E-state index in [1.54, 1.807) is 5.57 Å². The summed E-state index contributed by atoms with van der Waals surface area (Å²) in [5.41, 5.74) is 3.99. The van der Waals surface area contributed by atoms with Crippen LogP contribution in [-0.2, 0) is 4.79 Å². The highest BCUT2D eigenvalue weighted by Gasteiger charge is 2.59. The van der Waals surface area contributed by atoms with E-state index in [2.05, 4.69) is 37.9 Å². The summed E-state index contributed by atoms with van der Waals surface area (Å²) in [5, 5.41) is 0. The van der Waals surface area contributed by atoms with E-state index in [0.29, 0.717) is 16.6 Å². The smallest absolute Gasteiger partial charge is 0.155 e. The molecule has 160 valence electrons. The van der Waals surface area contributed by atoms with E-state index in [4.69, 9.17) is 0 Å². The standard InChI is InChI=1S/C27H41NO/c1-19(18-28-15-5-4-6-16-28)23-9-10-24-22-8-7-20-17-21(29)11-13-26(20,2)25(22)12-14-27(23,24)3/h17-18,22-25H,4-16H2,1-3H3/b19-18-/t22-,23+,24-,25-,26-,27+/m0/s1. The maximum atomic E-state index is 12.0. The minimum Gasteiger partial charge on any atom is -0.377 e. The SMILES string of the molecule is C/C(=C/N1CCCCC1)[C@H]1CC[C@H]2[C@@H]3CCC4=CC(=O)CC[C@]4(C)[C@H]3CC[C@]12C. The Labute approximate surface area is 178 Å². The number of allylic oxidation sites excluding steroid dienone is 2. The van der Waals surface area contributed by atoms with Gasteiger partial charge in [-0.05, 0) is 118 Å². The summed E-state index contributed by atoms with van der Waals surface area (Å²) >= 11 is 0. The Kier molecular flexibility index (Phi) is 4.99. The van der Waals surface area contributed by atoms with Crippen LogP contribution in [0, 0.1) is 34.5 Å². The Morgan fingerprint density at radius 1 is 1.00 bits per heavy atom. The number of carbonyl (C=O) groups is 1. The number of nitrogens with zero attached hydrogens (tertiary/aromatic N) is 1. The number of rotatable bonds is 2. The minimum atomic E-state index is 0.314. The summed E-state index contributed by atoms with van der Waals surface area (Å²) < 4.78 is 0. The van der Waals surface area contributed by atoms with E-state index < -0.39 is 0 Å². The molecule has 0 amide bonds. The lowest BCUT2D eigenvalue weighted by atomic mass is 9.46. The van der Waals surface area contributed by atoms with Gasteiger partial charge >= 0.3 is 0 Å². The summed E-state index contributed by atoms with van der Waals surface area (Å²) in [7, 11) is 0. The first-order valence-electron chi connectivity index (χ1n) is 12.6. The molecule has 1 aliphatic heterocycles. The summed E-state index contributed by atoms with van der Waals surface area (Å²) in [4.78, 5) is 14.7. The molecule has 1 heterocycles. The minimum absolute atomic E-state index is 0.314. The van der Waals surface area contributed by atoms with Crippen molar-refractivity contribution >= 4 is 5.78 Å². The predicted molar refractivity (Wildman–Crippen MR) is 119 cm³/mol. The number of fused-ring (bicyclic) bond motifs is 5. The quantitative estimate of drug-likeness (QED) is 0.530. The van der Waals surface area contributed by atoms with Gasteiger partial charge in [-0.3, -0.25) is 4.79 Å². The maximum Gasteiger partial charge on any atom is 0.155 e. The van der Waals surface area contributed by atoms with Gasteiger partial charge in [-0.1, -0.05) is 25.0 Å². The fourth-order valence-electron chi connectivity index (χ4n) is 8.73. The van der Waals surface area contributed by atoms with Crippen LogP contribution in [0.3, 0.4) is 0 Å². The van der Waals surface area contributed by atoms with Crippen LogP contribution in [0.25, 0.3) is 0 Å². The molecular formula is C27H41NO. The zero-order valence-electron chi connectivity index (χ0n) is 19.0. The fourth-order valence-corrected chi connectivity index (χ4v) is 8.73. The molecule has 0 unspecified atom stereocenters. The second kappa shape index (κ2) is 7.27. The van der Waals surface area contributed by atoms with Crippen LogP contribution in [0.1, 0.15) is 91.4 Å². The average Bonchev–Trinajstić information content (AvgIpc) is 3.06. The Bertz CT molecular complexity index is 729. The first kappa shape index (κ1) is 19.9. The molecule has 2 nitrogen and oxygen atoms in total. The van der Waals surface area contributed by atoms with Gasteiger partial charge in [0, 0.05) is 19.5 Å². The summed E-state index contributed by atoms with van der Waals surface area (Å²) in [6, 6.07) is 0. The zero-order chi connectivity index (χ0) is 20.2. The van der Waals surface area contributed by atoms with Crippen molar-refractivity contribution in [3.8, 4) is 0 Å². The van der Waals surface area contributed by atoms with Crippen molar-refractivity contribution in [2.75, 3.05) is 13.1 Å². The molecule has 0 spiro atoms. The maximum absolute atomic E-state index is 12.0. The molecule has 0 bridgehead atoms. The van der Waals surface area contributed by atoms with Gasteiger partial charge in [0.25, 0.3) is 0 Å². The second-order valence-corrected chi connectivity index (χ2v) is 11.6. The Hall–Kier alpha value is -1.05. The number of hydrogen-bond acceptors (Lipinski definition) is 2. The van der Waals surface area contributed by atoms with Gasteiger partial charge in [0.2, 0.25) is 0 Å². The molecule has 3 saturated carbocycles. The molecule has 4 aliphatic carbocycles. The highest BCUT2D eigenvalue weighted by atomic mass is 16.1. The third kappa shape index (κ3) is 3.15. The van der Waals surface area contributed by atoms with Crippen LogP contribution in [0.2, 0.25) is 0 Å². The Balaban J connectivity index is 1.38. The van der Waals surface area contributed by atoms with E-state index >= 15 is 0 Å². The number of carbonyl (C=O) groups excluding carboxylic acids is 1. The van der Waals surface area contributed by atoms with Gasteiger partial charge in [0.1, 0.15) is 0 Å². The molecule has 0 aromatic carbocycles. The number of ketones is 1. The first-order chi connectivity index (χ1) is 13.9. The lowest BCUT2D eigenvalue weighted by molar-refractivity contribution is -0.117. The van der Waals surface area contributed by atoms with E-state index in [-0.39, 0.29) is 0 Å². The lowest BCUT2D eigenvalue weighted by Crippen LogP contribution is -2.50. The van der Waals surface area contributed by atoms with Crippen LogP contribution in [0.4, 0.5) is 0 Å². The van der Waals surface area contributed by atoms with Gasteiger partial charge in [-0.2, -0.15) is 0 Å². The van der Waals surface area contributed by atoms with Gasteiger partial charge in [-0.15, -0.1) is 0 Å². The van der Waals surface area contributed by atoms with Gasteiger partial charge in [-0.25, -0.2) is 0 Å². The van der Waals surface area contributed by atoms with Crippen molar-refractivity contribution in [2.45, 2.75) is 91.4 Å². The summed E-state index contributed by atoms with van der Waals surface area (Å²) in [5.74, 6) is 3.77. The molecule has 0 aromatic rings. The monoisotopic (exact) mass is 395 g/mol. The molecule has 6 atom stereocenters. The van der Waals surface area contributed by atoms with Crippen LogP contribution < -0.4 is 0 Å². The summed E-state index contributed by atoms with van der Waals surface area (Å²) in [6.45, 7) is 10.1. The molecule has 4 fully saturated rings. The van der Waals surface area contributed by atoms with Crippen molar-refractivity contribution < 1.29 is 4.79 Å². The van der Waals surface area contributed by atoms with Crippen LogP contribution >= 0.6 is 0 Å². The van der Waals surface area contributed by atoms with E-state index in [9.17, 15) is 4.79 Å². The Morgan fingerprint density at radius 2 is 1.79 bits per heavy atom. The molecule has 5 rings (SSSR count). The number of hydrogen-bond donors (Lipinski definition) is 0.